The highest BCUT2D eigenvalue weighted by atomic mass is 32.1. The van der Waals surface area contributed by atoms with Gasteiger partial charge in [-0.25, -0.2) is 9.78 Å². The predicted octanol–water partition coefficient (Wildman–Crippen LogP) is 0.567. The number of aromatic carboxylic acids is 1. The SMILES string of the molecule is CC(C)NC(=O)C1COCCN1Cc1csc(C(=O)O)n1. The largest absolute Gasteiger partial charge is 0.476 e. The minimum atomic E-state index is -1.03. The first-order chi connectivity index (χ1) is 9.97. The molecule has 1 aliphatic heterocycles. The van der Waals surface area contributed by atoms with Crippen LogP contribution in [0.5, 0.6) is 0 Å². The van der Waals surface area contributed by atoms with Crippen molar-refractivity contribution in [1.29, 1.82) is 0 Å². The Morgan fingerprint density at radius 3 is 3.00 bits per heavy atom. The number of aromatic nitrogens is 1. The number of nitrogens with one attached hydrogen (secondary N) is 1. The average Bonchev–Trinajstić information content (AvgIpc) is 2.87. The summed E-state index contributed by atoms with van der Waals surface area (Å²) in [7, 11) is 0. The molecule has 1 aromatic rings. The fraction of sp³-hybridized carbons (Fsp3) is 0.615. The van der Waals surface area contributed by atoms with E-state index in [2.05, 4.69) is 10.3 Å². The lowest BCUT2D eigenvalue weighted by atomic mass is 10.2. The molecule has 1 unspecified atom stereocenters. The maximum Gasteiger partial charge on any atom is 0.365 e. The van der Waals surface area contributed by atoms with Crippen LogP contribution in [0.2, 0.25) is 0 Å². The first-order valence-corrected chi connectivity index (χ1v) is 7.65. The molecule has 1 fully saturated rings. The van der Waals surface area contributed by atoms with Crippen molar-refractivity contribution in [3.05, 3.63) is 16.1 Å². The summed E-state index contributed by atoms with van der Waals surface area (Å²) in [5.74, 6) is -1.10. The van der Waals surface area contributed by atoms with Gasteiger partial charge in [0.25, 0.3) is 0 Å². The molecule has 0 aromatic carbocycles. The van der Waals surface area contributed by atoms with Crippen LogP contribution in [0.15, 0.2) is 5.38 Å². The summed E-state index contributed by atoms with van der Waals surface area (Å²) in [6, 6.07) is -0.296. The van der Waals surface area contributed by atoms with Crippen LogP contribution in [0.3, 0.4) is 0 Å². The van der Waals surface area contributed by atoms with Gasteiger partial charge in [0.1, 0.15) is 6.04 Å². The number of carbonyl (C=O) groups excluding carboxylic acids is 1. The van der Waals surface area contributed by atoms with Crippen LogP contribution in [0.4, 0.5) is 0 Å². The van der Waals surface area contributed by atoms with Crippen LogP contribution >= 0.6 is 11.3 Å². The van der Waals surface area contributed by atoms with Crippen molar-refractivity contribution in [2.45, 2.75) is 32.5 Å². The Morgan fingerprint density at radius 2 is 2.38 bits per heavy atom. The summed E-state index contributed by atoms with van der Waals surface area (Å²) < 4.78 is 5.38. The molecule has 0 spiro atoms. The van der Waals surface area contributed by atoms with E-state index in [1.54, 1.807) is 5.38 Å². The Bertz CT molecular complexity index is 517. The monoisotopic (exact) mass is 313 g/mol. The van der Waals surface area contributed by atoms with Crippen molar-refractivity contribution in [3.8, 4) is 0 Å². The molecule has 0 saturated carbocycles. The zero-order valence-electron chi connectivity index (χ0n) is 12.0. The maximum atomic E-state index is 12.2. The molecule has 0 aliphatic carbocycles. The summed E-state index contributed by atoms with van der Waals surface area (Å²) in [4.78, 5) is 29.1. The lowest BCUT2D eigenvalue weighted by molar-refractivity contribution is -0.133. The van der Waals surface area contributed by atoms with Crippen molar-refractivity contribution in [2.75, 3.05) is 19.8 Å². The molecule has 1 aliphatic rings. The second-order valence-electron chi connectivity index (χ2n) is 5.17. The molecule has 1 saturated heterocycles. The van der Waals surface area contributed by atoms with E-state index in [0.29, 0.717) is 32.0 Å². The zero-order chi connectivity index (χ0) is 15.4. The maximum absolute atomic E-state index is 12.2. The van der Waals surface area contributed by atoms with Gasteiger partial charge in [0.05, 0.1) is 18.9 Å². The fourth-order valence-corrected chi connectivity index (χ4v) is 2.78. The van der Waals surface area contributed by atoms with Gasteiger partial charge in [-0.3, -0.25) is 9.69 Å². The minimum Gasteiger partial charge on any atom is -0.476 e. The first-order valence-electron chi connectivity index (χ1n) is 6.77. The molecule has 2 heterocycles. The molecule has 7 nitrogen and oxygen atoms in total. The molecule has 8 heteroatoms. The number of thiazole rings is 1. The van der Waals surface area contributed by atoms with Crippen molar-refractivity contribution in [3.63, 3.8) is 0 Å². The Kier molecular flexibility index (Phi) is 5.27. The number of amides is 1. The normalized spacial score (nSPS) is 19.7. The van der Waals surface area contributed by atoms with Gasteiger partial charge < -0.3 is 15.2 Å². The lowest BCUT2D eigenvalue weighted by Crippen LogP contribution is -2.54. The second-order valence-corrected chi connectivity index (χ2v) is 6.03. The highest BCUT2D eigenvalue weighted by molar-refractivity contribution is 7.11. The van der Waals surface area contributed by atoms with E-state index in [1.165, 1.54) is 0 Å². The number of ether oxygens (including phenoxy) is 1. The third-order valence-corrected chi connectivity index (χ3v) is 3.95. The molecule has 0 bridgehead atoms. The molecular weight excluding hydrogens is 294 g/mol. The molecule has 1 atom stereocenters. The number of carboxylic acid groups (broad SMARTS) is 1. The Labute approximate surface area is 126 Å². The summed E-state index contributed by atoms with van der Waals surface area (Å²) in [6.45, 7) is 5.78. The van der Waals surface area contributed by atoms with Gasteiger partial charge in [-0.2, -0.15) is 0 Å². The Hall–Kier alpha value is -1.51. The van der Waals surface area contributed by atoms with E-state index in [4.69, 9.17) is 9.84 Å². The number of hydrogen-bond donors (Lipinski definition) is 2. The van der Waals surface area contributed by atoms with E-state index >= 15 is 0 Å². The van der Waals surface area contributed by atoms with Crippen molar-refractivity contribution >= 4 is 23.2 Å². The molecule has 116 valence electrons. The number of morpholine rings is 1. The second kappa shape index (κ2) is 6.97. The summed E-state index contributed by atoms with van der Waals surface area (Å²) in [5.41, 5.74) is 0.668. The number of nitrogens with zero attached hydrogens (tertiary/aromatic N) is 2. The van der Waals surface area contributed by atoms with Crippen molar-refractivity contribution < 1.29 is 19.4 Å². The fourth-order valence-electron chi connectivity index (χ4n) is 2.14. The van der Waals surface area contributed by atoms with Gasteiger partial charge in [-0.1, -0.05) is 0 Å². The van der Waals surface area contributed by atoms with Gasteiger partial charge in [0, 0.05) is 24.5 Å². The molecule has 2 rings (SSSR count). The first kappa shape index (κ1) is 15.9. The third-order valence-electron chi connectivity index (χ3n) is 3.07. The van der Waals surface area contributed by atoms with Crippen molar-refractivity contribution in [2.24, 2.45) is 0 Å². The van der Waals surface area contributed by atoms with E-state index in [1.807, 2.05) is 18.7 Å². The van der Waals surface area contributed by atoms with Crippen LogP contribution in [0.1, 0.15) is 29.3 Å². The molecule has 1 aromatic heterocycles. The minimum absolute atomic E-state index is 0.0687. The predicted molar refractivity (Wildman–Crippen MR) is 77.4 cm³/mol. The van der Waals surface area contributed by atoms with Crippen LogP contribution in [-0.4, -0.2) is 58.7 Å². The molecule has 2 N–H and O–H groups in total. The number of carboxylic acids is 1. The van der Waals surface area contributed by atoms with Crippen LogP contribution in [-0.2, 0) is 16.1 Å². The summed E-state index contributed by atoms with van der Waals surface area (Å²) >= 11 is 1.10. The summed E-state index contributed by atoms with van der Waals surface area (Å²) in [6.07, 6.45) is 0. The number of hydrogen-bond acceptors (Lipinski definition) is 6. The molecule has 1 amide bonds. The van der Waals surface area contributed by atoms with Gasteiger partial charge in [-0.15, -0.1) is 11.3 Å². The Morgan fingerprint density at radius 1 is 1.62 bits per heavy atom. The van der Waals surface area contributed by atoms with Crippen LogP contribution in [0, 0.1) is 0 Å². The van der Waals surface area contributed by atoms with Crippen molar-refractivity contribution in [1.82, 2.24) is 15.2 Å². The Balaban J connectivity index is 2.04. The highest BCUT2D eigenvalue weighted by Gasteiger charge is 2.30. The van der Waals surface area contributed by atoms with E-state index < -0.39 is 5.97 Å². The van der Waals surface area contributed by atoms with Gasteiger partial charge in [0.15, 0.2) is 0 Å². The standard InChI is InChI=1S/C13H19N3O4S/c1-8(2)14-11(17)10-6-20-4-3-16(10)5-9-7-21-12(15-9)13(18)19/h7-8,10H,3-6H2,1-2H3,(H,14,17)(H,18,19). The average molecular weight is 313 g/mol. The topological polar surface area (TPSA) is 91.8 Å². The van der Waals surface area contributed by atoms with E-state index in [9.17, 15) is 9.59 Å². The molecule has 0 radical (unpaired) electrons. The molecule has 21 heavy (non-hydrogen) atoms. The van der Waals surface area contributed by atoms with E-state index in [0.717, 1.165) is 11.3 Å². The number of rotatable bonds is 5. The van der Waals surface area contributed by atoms with Crippen LogP contribution in [0.25, 0.3) is 0 Å². The highest BCUT2D eigenvalue weighted by Crippen LogP contribution is 2.15. The van der Waals surface area contributed by atoms with E-state index in [-0.39, 0.29) is 23.0 Å². The van der Waals surface area contributed by atoms with Gasteiger partial charge >= 0.3 is 5.97 Å². The van der Waals surface area contributed by atoms with Gasteiger partial charge in [0.2, 0.25) is 10.9 Å². The van der Waals surface area contributed by atoms with Crippen LogP contribution < -0.4 is 5.32 Å². The lowest BCUT2D eigenvalue weighted by Gasteiger charge is -2.34. The molecular formula is C13H19N3O4S. The smallest absolute Gasteiger partial charge is 0.365 e. The van der Waals surface area contributed by atoms with Gasteiger partial charge in [-0.05, 0) is 13.8 Å². The zero-order valence-corrected chi connectivity index (χ0v) is 12.9. The quantitative estimate of drug-likeness (QED) is 0.825. The third kappa shape index (κ3) is 4.23. The summed E-state index contributed by atoms with van der Waals surface area (Å²) in [5, 5.41) is 13.6. The number of carbonyl (C=O) groups is 2.